The highest BCUT2D eigenvalue weighted by Crippen LogP contribution is 2.49. The van der Waals surface area contributed by atoms with Crippen LogP contribution in [0, 0.1) is 18.7 Å². The van der Waals surface area contributed by atoms with Crippen LogP contribution in [0.5, 0.6) is 11.6 Å². The van der Waals surface area contributed by atoms with Crippen LogP contribution in [-0.2, 0) is 15.6 Å². The minimum atomic E-state index is -3.99. The van der Waals surface area contributed by atoms with Gasteiger partial charge in [-0.1, -0.05) is 12.1 Å². The van der Waals surface area contributed by atoms with E-state index in [2.05, 4.69) is 25.6 Å². The van der Waals surface area contributed by atoms with E-state index in [0.29, 0.717) is 39.3 Å². The summed E-state index contributed by atoms with van der Waals surface area (Å²) >= 11 is 0. The third-order valence-electron chi connectivity index (χ3n) is 7.71. The van der Waals surface area contributed by atoms with E-state index in [-0.39, 0.29) is 17.5 Å². The van der Waals surface area contributed by atoms with Crippen LogP contribution in [0.1, 0.15) is 30.4 Å². The molecule has 0 radical (unpaired) electrons. The van der Waals surface area contributed by atoms with Gasteiger partial charge in [0.25, 0.3) is 5.92 Å². The zero-order valence-corrected chi connectivity index (χ0v) is 23.7. The van der Waals surface area contributed by atoms with Crippen molar-refractivity contribution in [2.24, 2.45) is 5.92 Å². The number of hydrogen-bond donors (Lipinski definition) is 2. The summed E-state index contributed by atoms with van der Waals surface area (Å²) < 4.78 is 73.7. The molecule has 4 aromatic rings. The Morgan fingerprint density at radius 3 is 2.67 bits per heavy atom. The Bertz CT molecular complexity index is 1750. The molecule has 1 aliphatic carbocycles. The number of anilines is 1. The number of pyridine rings is 1. The number of rotatable bonds is 9. The summed E-state index contributed by atoms with van der Waals surface area (Å²) in [7, 11) is -3.99. The van der Waals surface area contributed by atoms with Gasteiger partial charge in [-0.15, -0.1) is 0 Å². The van der Waals surface area contributed by atoms with E-state index >= 15 is 4.39 Å². The van der Waals surface area contributed by atoms with Gasteiger partial charge in [0.05, 0.1) is 22.8 Å². The van der Waals surface area contributed by atoms with Crippen molar-refractivity contribution in [2.45, 2.75) is 43.9 Å². The molecule has 2 N–H and O–H groups in total. The van der Waals surface area contributed by atoms with Crippen LogP contribution in [-0.4, -0.2) is 54.2 Å². The molecule has 1 unspecified atom stereocenters. The molecule has 1 aliphatic heterocycles. The number of sulfone groups is 1. The van der Waals surface area contributed by atoms with Gasteiger partial charge in [-0.2, -0.15) is 0 Å². The van der Waals surface area contributed by atoms with Gasteiger partial charge in [0.1, 0.15) is 11.6 Å². The van der Waals surface area contributed by atoms with Gasteiger partial charge in [0, 0.05) is 48.3 Å². The van der Waals surface area contributed by atoms with Crippen LogP contribution in [0.2, 0.25) is 0 Å². The summed E-state index contributed by atoms with van der Waals surface area (Å²) in [6, 6.07) is 11.6. The first-order valence-electron chi connectivity index (χ1n) is 13.8. The second-order valence-electron chi connectivity index (χ2n) is 11.0. The lowest BCUT2D eigenvalue weighted by molar-refractivity contribution is 0.103. The first-order chi connectivity index (χ1) is 20.1. The molecule has 2 aromatic heterocycles. The molecule has 42 heavy (non-hydrogen) atoms. The smallest absolute Gasteiger partial charge is 0.252 e. The fourth-order valence-electron chi connectivity index (χ4n) is 5.34. The fraction of sp³-hybridized carbons (Fsp3) is 0.367. The highest BCUT2D eigenvalue weighted by molar-refractivity contribution is 7.90. The van der Waals surface area contributed by atoms with Crippen molar-refractivity contribution >= 4 is 26.6 Å². The second kappa shape index (κ2) is 11.1. The summed E-state index contributed by atoms with van der Waals surface area (Å²) in [6.07, 6.45) is 4.86. The Morgan fingerprint density at radius 2 is 1.90 bits per heavy atom. The zero-order valence-electron chi connectivity index (χ0n) is 22.9. The van der Waals surface area contributed by atoms with E-state index in [1.54, 1.807) is 36.7 Å². The molecule has 12 heteroatoms. The van der Waals surface area contributed by atoms with Gasteiger partial charge in [0.15, 0.2) is 9.84 Å². The number of aromatic nitrogens is 3. The topological polar surface area (TPSA) is 106 Å². The SMILES string of the molecule is Cc1ccc2c(CS(=O)(=O)CC3CC3(F)F)c(F)ccc2c1Oc1ncccc1-c1ccnc(N[C@H]2CCCNC2)n1. The number of ether oxygens (including phenoxy) is 1. The maximum absolute atomic E-state index is 15.0. The molecule has 1 saturated carbocycles. The van der Waals surface area contributed by atoms with E-state index < -0.39 is 45.4 Å². The molecule has 0 spiro atoms. The third-order valence-corrected chi connectivity index (χ3v) is 9.35. The first-order valence-corrected chi connectivity index (χ1v) is 15.6. The van der Waals surface area contributed by atoms with Crippen LogP contribution in [0.3, 0.4) is 0 Å². The predicted octanol–water partition coefficient (Wildman–Crippen LogP) is 5.67. The normalized spacial score (nSPS) is 19.9. The number of aryl methyl sites for hydroxylation is 1. The van der Waals surface area contributed by atoms with E-state index in [9.17, 15) is 17.2 Å². The maximum Gasteiger partial charge on any atom is 0.252 e. The maximum atomic E-state index is 15.0. The average Bonchev–Trinajstić information content (AvgIpc) is 3.56. The van der Waals surface area contributed by atoms with Crippen molar-refractivity contribution in [1.82, 2.24) is 20.3 Å². The number of nitrogens with zero attached hydrogens (tertiary/aromatic N) is 3. The molecule has 2 fully saturated rings. The molecule has 1 saturated heterocycles. The Labute approximate surface area is 241 Å². The van der Waals surface area contributed by atoms with Gasteiger partial charge in [-0.3, -0.25) is 0 Å². The predicted molar refractivity (Wildman–Crippen MR) is 154 cm³/mol. The summed E-state index contributed by atoms with van der Waals surface area (Å²) in [4.78, 5) is 13.5. The molecule has 2 aliphatic rings. The minimum absolute atomic E-state index is 0.0775. The Balaban J connectivity index is 1.32. The molecule has 2 atom stereocenters. The van der Waals surface area contributed by atoms with Crippen LogP contribution in [0.25, 0.3) is 22.0 Å². The lowest BCUT2D eigenvalue weighted by Crippen LogP contribution is -2.38. The van der Waals surface area contributed by atoms with E-state index in [1.165, 1.54) is 12.1 Å². The van der Waals surface area contributed by atoms with Crippen molar-refractivity contribution in [3.8, 4) is 22.9 Å². The monoisotopic (exact) mass is 597 g/mol. The van der Waals surface area contributed by atoms with Crippen molar-refractivity contribution < 1.29 is 26.3 Å². The first kappa shape index (κ1) is 28.4. The van der Waals surface area contributed by atoms with Gasteiger partial charge >= 0.3 is 0 Å². The molecule has 6 rings (SSSR count). The zero-order chi connectivity index (χ0) is 29.5. The van der Waals surface area contributed by atoms with Crippen LogP contribution < -0.4 is 15.4 Å². The lowest BCUT2D eigenvalue weighted by Gasteiger charge is -2.23. The number of alkyl halides is 2. The Morgan fingerprint density at radius 1 is 1.10 bits per heavy atom. The van der Waals surface area contributed by atoms with E-state index in [4.69, 9.17) is 4.74 Å². The van der Waals surface area contributed by atoms with E-state index in [1.807, 2.05) is 13.0 Å². The number of piperidine rings is 1. The van der Waals surface area contributed by atoms with Crippen LogP contribution in [0.15, 0.2) is 54.9 Å². The van der Waals surface area contributed by atoms with Gasteiger partial charge < -0.3 is 15.4 Å². The summed E-state index contributed by atoms with van der Waals surface area (Å²) in [5, 5.41) is 7.53. The molecule has 0 amide bonds. The summed E-state index contributed by atoms with van der Waals surface area (Å²) in [5.41, 5.74) is 1.83. The molecular weight excluding hydrogens is 567 g/mol. The lowest BCUT2D eigenvalue weighted by atomic mass is 10.0. The minimum Gasteiger partial charge on any atom is -0.437 e. The van der Waals surface area contributed by atoms with Gasteiger partial charge in [-0.25, -0.2) is 36.5 Å². The Hall–Kier alpha value is -3.77. The third kappa shape index (κ3) is 6.05. The quantitative estimate of drug-likeness (QED) is 0.255. The van der Waals surface area contributed by atoms with Crippen molar-refractivity contribution in [3.05, 3.63) is 71.8 Å². The van der Waals surface area contributed by atoms with Crippen molar-refractivity contribution in [2.75, 3.05) is 24.2 Å². The molecule has 220 valence electrons. The molecule has 8 nitrogen and oxygen atoms in total. The molecular formula is C30H30F3N5O3S. The van der Waals surface area contributed by atoms with Gasteiger partial charge in [-0.05, 0) is 67.6 Å². The molecule has 3 heterocycles. The average molecular weight is 598 g/mol. The number of benzene rings is 2. The number of nitrogens with one attached hydrogen (secondary N) is 2. The second-order valence-corrected chi connectivity index (χ2v) is 13.1. The summed E-state index contributed by atoms with van der Waals surface area (Å²) in [6.45, 7) is 3.63. The molecule has 2 aromatic carbocycles. The number of fused-ring (bicyclic) bond motifs is 1. The largest absolute Gasteiger partial charge is 0.437 e. The van der Waals surface area contributed by atoms with Crippen LogP contribution >= 0.6 is 0 Å². The van der Waals surface area contributed by atoms with Crippen LogP contribution in [0.4, 0.5) is 19.1 Å². The van der Waals surface area contributed by atoms with Gasteiger partial charge in [0.2, 0.25) is 11.8 Å². The summed E-state index contributed by atoms with van der Waals surface area (Å²) in [5.74, 6) is -5.17. The van der Waals surface area contributed by atoms with Crippen molar-refractivity contribution in [1.29, 1.82) is 0 Å². The molecule has 0 bridgehead atoms. The van der Waals surface area contributed by atoms with E-state index in [0.717, 1.165) is 25.9 Å². The van der Waals surface area contributed by atoms with Crippen molar-refractivity contribution in [3.63, 3.8) is 0 Å². The standard InChI is InChI=1S/C30H30F3N5O3S/c1-18-6-7-21-22(8-9-25(31)24(21)17-42(39,40)16-19-14-30(19,32)33)27(18)41-28-23(5-3-12-35-28)26-10-13-36-29(38-26)37-20-4-2-11-34-15-20/h3,5-10,12-13,19-20,34H,2,4,11,14-17H2,1H3,(H,36,37,38)/t19?,20-/m0/s1. The number of hydrogen-bond acceptors (Lipinski definition) is 8. The fourth-order valence-corrected chi connectivity index (χ4v) is 7.17. The number of halogens is 3. The highest BCUT2D eigenvalue weighted by Gasteiger charge is 2.58. The Kier molecular flexibility index (Phi) is 7.52. The highest BCUT2D eigenvalue weighted by atomic mass is 32.2.